The Bertz CT molecular complexity index is 573. The predicted molar refractivity (Wildman–Crippen MR) is 82.7 cm³/mol. The van der Waals surface area contributed by atoms with Crippen LogP contribution in [0.15, 0.2) is 34.2 Å². The van der Waals surface area contributed by atoms with Gasteiger partial charge in [-0.05, 0) is 25.5 Å². The molecule has 0 amide bonds. The van der Waals surface area contributed by atoms with E-state index in [4.69, 9.17) is 0 Å². The molecule has 7 heteroatoms. The van der Waals surface area contributed by atoms with Crippen LogP contribution in [0.25, 0.3) is 0 Å². The number of halogens is 1. The molecule has 0 saturated carbocycles. The lowest BCUT2D eigenvalue weighted by atomic mass is 10.3. The van der Waals surface area contributed by atoms with Gasteiger partial charge in [-0.2, -0.15) is 0 Å². The van der Waals surface area contributed by atoms with Crippen LogP contribution >= 0.6 is 0 Å². The lowest BCUT2D eigenvalue weighted by Crippen LogP contribution is -2.39. The number of aliphatic imine (C=N–C) groups is 1. The number of nitrogens with zero attached hydrogens (tertiary/aromatic N) is 1. The van der Waals surface area contributed by atoms with E-state index < -0.39 is 15.7 Å². The van der Waals surface area contributed by atoms with Gasteiger partial charge in [0.2, 0.25) is 0 Å². The Kier molecular flexibility index (Phi) is 7.14. The van der Waals surface area contributed by atoms with E-state index >= 15 is 0 Å². The highest BCUT2D eigenvalue weighted by Gasteiger charge is 2.18. The maximum Gasteiger partial charge on any atom is 0.191 e. The highest BCUT2D eigenvalue weighted by atomic mass is 32.2. The number of rotatable bonds is 7. The number of hydrogen-bond acceptors (Lipinski definition) is 3. The normalized spacial score (nSPS) is 12.2. The van der Waals surface area contributed by atoms with Crippen molar-refractivity contribution in [1.82, 2.24) is 10.6 Å². The van der Waals surface area contributed by atoms with E-state index in [0.717, 1.165) is 12.5 Å². The molecule has 5 nitrogen and oxygen atoms in total. The van der Waals surface area contributed by atoms with Crippen molar-refractivity contribution in [1.29, 1.82) is 0 Å². The SMILES string of the molecule is CCCN=C(NCC)NCCS(=O)(=O)c1ccccc1F. The Morgan fingerprint density at radius 2 is 1.95 bits per heavy atom. The third kappa shape index (κ3) is 5.71. The highest BCUT2D eigenvalue weighted by molar-refractivity contribution is 7.91. The number of guanidine groups is 1. The van der Waals surface area contributed by atoms with Crippen LogP contribution in [0.5, 0.6) is 0 Å². The summed E-state index contributed by atoms with van der Waals surface area (Å²) in [5.41, 5.74) is 0. The Hall–Kier alpha value is -1.63. The van der Waals surface area contributed by atoms with Crippen molar-refractivity contribution >= 4 is 15.8 Å². The van der Waals surface area contributed by atoms with E-state index in [2.05, 4.69) is 15.6 Å². The second-order valence-corrected chi connectivity index (χ2v) is 6.51. The third-order valence-corrected chi connectivity index (χ3v) is 4.42. The van der Waals surface area contributed by atoms with E-state index in [-0.39, 0.29) is 17.2 Å². The average molecular weight is 315 g/mol. The van der Waals surface area contributed by atoms with E-state index in [1.54, 1.807) is 0 Å². The van der Waals surface area contributed by atoms with Gasteiger partial charge in [0.15, 0.2) is 15.8 Å². The van der Waals surface area contributed by atoms with Crippen molar-refractivity contribution < 1.29 is 12.8 Å². The molecule has 0 aliphatic rings. The zero-order valence-electron chi connectivity index (χ0n) is 12.4. The van der Waals surface area contributed by atoms with E-state index in [1.807, 2.05) is 13.8 Å². The number of sulfone groups is 1. The third-order valence-electron chi connectivity index (χ3n) is 2.67. The molecule has 0 saturated heterocycles. The van der Waals surface area contributed by atoms with Crippen molar-refractivity contribution in [2.45, 2.75) is 25.2 Å². The molecule has 0 unspecified atom stereocenters. The van der Waals surface area contributed by atoms with Gasteiger partial charge in [0.25, 0.3) is 0 Å². The number of nitrogens with one attached hydrogen (secondary N) is 2. The molecule has 1 aromatic carbocycles. The summed E-state index contributed by atoms with van der Waals surface area (Å²) >= 11 is 0. The number of benzene rings is 1. The van der Waals surface area contributed by atoms with Crippen LogP contribution in [0.3, 0.4) is 0 Å². The molecule has 0 aromatic heterocycles. The van der Waals surface area contributed by atoms with Crippen LogP contribution in [0.2, 0.25) is 0 Å². The van der Waals surface area contributed by atoms with Gasteiger partial charge < -0.3 is 10.6 Å². The summed E-state index contributed by atoms with van der Waals surface area (Å²) in [6.45, 7) is 5.46. The fraction of sp³-hybridized carbons (Fsp3) is 0.500. The van der Waals surface area contributed by atoms with Crippen molar-refractivity contribution in [2.24, 2.45) is 4.99 Å². The second-order valence-electron chi connectivity index (χ2n) is 4.44. The molecule has 21 heavy (non-hydrogen) atoms. The largest absolute Gasteiger partial charge is 0.357 e. The molecule has 118 valence electrons. The van der Waals surface area contributed by atoms with Crippen molar-refractivity contribution in [2.75, 3.05) is 25.4 Å². The first kappa shape index (κ1) is 17.4. The van der Waals surface area contributed by atoms with Gasteiger partial charge in [-0.25, -0.2) is 12.8 Å². The fourth-order valence-electron chi connectivity index (χ4n) is 1.68. The van der Waals surface area contributed by atoms with Gasteiger partial charge in [-0.1, -0.05) is 19.1 Å². The van der Waals surface area contributed by atoms with Crippen molar-refractivity contribution in [3.8, 4) is 0 Å². The minimum Gasteiger partial charge on any atom is -0.357 e. The highest BCUT2D eigenvalue weighted by Crippen LogP contribution is 2.14. The Morgan fingerprint density at radius 1 is 1.24 bits per heavy atom. The lowest BCUT2D eigenvalue weighted by Gasteiger charge is -2.11. The molecule has 1 rings (SSSR count). The maximum atomic E-state index is 13.5. The fourth-order valence-corrected chi connectivity index (χ4v) is 2.92. The van der Waals surface area contributed by atoms with Crippen molar-refractivity contribution in [3.63, 3.8) is 0 Å². The molecule has 2 N–H and O–H groups in total. The van der Waals surface area contributed by atoms with Crippen LogP contribution in [-0.2, 0) is 9.84 Å². The van der Waals surface area contributed by atoms with E-state index in [1.165, 1.54) is 18.2 Å². The van der Waals surface area contributed by atoms with E-state index in [9.17, 15) is 12.8 Å². The molecule has 0 atom stereocenters. The summed E-state index contributed by atoms with van der Waals surface area (Å²) in [4.78, 5) is 4.01. The van der Waals surface area contributed by atoms with Crippen LogP contribution in [0.4, 0.5) is 4.39 Å². The molecular formula is C14H22FN3O2S. The topological polar surface area (TPSA) is 70.6 Å². The molecule has 0 bridgehead atoms. The molecular weight excluding hydrogens is 293 g/mol. The van der Waals surface area contributed by atoms with Gasteiger partial charge in [0.05, 0.1) is 5.75 Å². The zero-order valence-corrected chi connectivity index (χ0v) is 13.2. The first-order valence-corrected chi connectivity index (χ1v) is 8.66. The van der Waals surface area contributed by atoms with Crippen LogP contribution in [0.1, 0.15) is 20.3 Å². The summed E-state index contributed by atoms with van der Waals surface area (Å²) in [5, 5.41) is 5.96. The van der Waals surface area contributed by atoms with Crippen molar-refractivity contribution in [3.05, 3.63) is 30.1 Å². The summed E-state index contributed by atoms with van der Waals surface area (Å²) in [6, 6.07) is 5.40. The van der Waals surface area contributed by atoms with Crippen LogP contribution in [-0.4, -0.2) is 39.8 Å². The smallest absolute Gasteiger partial charge is 0.191 e. The molecule has 1 aromatic rings. The van der Waals surface area contributed by atoms with E-state index in [0.29, 0.717) is 19.0 Å². The minimum absolute atomic E-state index is 0.173. The standard InChI is InChI=1S/C14H22FN3O2S/c1-3-9-17-14(16-4-2)18-10-11-21(19,20)13-8-6-5-7-12(13)15/h5-8H,3-4,9-11H2,1-2H3,(H2,16,17,18). The molecule has 0 radical (unpaired) electrons. The first-order chi connectivity index (χ1) is 10.0. The summed E-state index contributed by atoms with van der Waals surface area (Å²) < 4.78 is 37.7. The molecule has 0 fully saturated rings. The van der Waals surface area contributed by atoms with Gasteiger partial charge in [-0.15, -0.1) is 0 Å². The molecule has 0 aliphatic heterocycles. The molecule has 0 heterocycles. The molecule has 0 spiro atoms. The average Bonchev–Trinajstić information content (AvgIpc) is 2.45. The lowest BCUT2D eigenvalue weighted by molar-refractivity contribution is 0.566. The Labute approximate surface area is 125 Å². The van der Waals surface area contributed by atoms with Gasteiger partial charge in [-0.3, -0.25) is 4.99 Å². The maximum absolute atomic E-state index is 13.5. The quantitative estimate of drug-likeness (QED) is 0.592. The zero-order chi connectivity index (χ0) is 15.7. The monoisotopic (exact) mass is 315 g/mol. The predicted octanol–water partition coefficient (Wildman–Crippen LogP) is 1.56. The van der Waals surface area contributed by atoms with Crippen LogP contribution in [0, 0.1) is 5.82 Å². The molecule has 0 aliphatic carbocycles. The summed E-state index contributed by atoms with van der Waals surface area (Å²) in [5.74, 6) is -0.336. The van der Waals surface area contributed by atoms with Crippen LogP contribution < -0.4 is 10.6 Å². The minimum atomic E-state index is -3.64. The van der Waals surface area contributed by atoms with Gasteiger partial charge in [0.1, 0.15) is 10.7 Å². The first-order valence-electron chi connectivity index (χ1n) is 7.00. The van der Waals surface area contributed by atoms with Gasteiger partial charge >= 0.3 is 0 Å². The Morgan fingerprint density at radius 3 is 2.57 bits per heavy atom. The Balaban J connectivity index is 2.63. The summed E-state index contributed by atoms with van der Waals surface area (Å²) in [7, 11) is -3.64. The second kappa shape index (κ2) is 8.61. The van der Waals surface area contributed by atoms with Gasteiger partial charge in [0, 0.05) is 19.6 Å². The summed E-state index contributed by atoms with van der Waals surface area (Å²) in [6.07, 6.45) is 0.907. The number of hydrogen-bond donors (Lipinski definition) is 2.